The molecule has 0 amide bonds. The summed E-state index contributed by atoms with van der Waals surface area (Å²) in [5.74, 6) is 0. The first kappa shape index (κ1) is 13.5. The van der Waals surface area contributed by atoms with Gasteiger partial charge >= 0.3 is 0 Å². The Bertz CT molecular complexity index is 386. The molecular formula is C15H23NO2. The number of ether oxygens (including phenoxy) is 1. The van der Waals surface area contributed by atoms with E-state index in [-0.39, 0.29) is 0 Å². The second-order valence-corrected chi connectivity index (χ2v) is 5.44. The highest BCUT2D eigenvalue weighted by molar-refractivity contribution is 5.26. The molecule has 1 fully saturated rings. The third kappa shape index (κ3) is 3.55. The topological polar surface area (TPSA) is 41.5 Å². The van der Waals surface area contributed by atoms with E-state index in [0.717, 1.165) is 12.8 Å². The first-order valence-electron chi connectivity index (χ1n) is 6.67. The van der Waals surface area contributed by atoms with Crippen molar-refractivity contribution in [1.82, 2.24) is 5.32 Å². The van der Waals surface area contributed by atoms with Gasteiger partial charge < -0.3 is 15.2 Å². The molecule has 2 N–H and O–H groups in total. The second kappa shape index (κ2) is 5.83. The van der Waals surface area contributed by atoms with Gasteiger partial charge in [0, 0.05) is 25.6 Å². The number of aliphatic hydroxyl groups is 1. The van der Waals surface area contributed by atoms with Gasteiger partial charge in [0.25, 0.3) is 0 Å². The van der Waals surface area contributed by atoms with Crippen molar-refractivity contribution in [3.8, 4) is 0 Å². The molecule has 100 valence electrons. The summed E-state index contributed by atoms with van der Waals surface area (Å²) in [4.78, 5) is 0. The first-order chi connectivity index (χ1) is 8.59. The van der Waals surface area contributed by atoms with Gasteiger partial charge in [-0.1, -0.05) is 24.3 Å². The summed E-state index contributed by atoms with van der Waals surface area (Å²) in [5, 5.41) is 13.6. The van der Waals surface area contributed by atoms with E-state index >= 15 is 0 Å². The zero-order chi connectivity index (χ0) is 13.0. The summed E-state index contributed by atoms with van der Waals surface area (Å²) in [5.41, 5.74) is 2.03. The first-order valence-corrected chi connectivity index (χ1v) is 6.67. The summed E-state index contributed by atoms with van der Waals surface area (Å²) in [6.45, 7) is 6.04. The normalized spacial score (nSPS) is 25.3. The fourth-order valence-electron chi connectivity index (χ4n) is 2.34. The van der Waals surface area contributed by atoms with Crippen LogP contribution in [-0.2, 0) is 11.2 Å². The maximum Gasteiger partial charge on any atom is 0.102 e. The fraction of sp³-hybridized carbons (Fsp3) is 0.600. The van der Waals surface area contributed by atoms with Crippen LogP contribution in [0, 0.1) is 6.92 Å². The van der Waals surface area contributed by atoms with E-state index in [4.69, 9.17) is 4.74 Å². The average molecular weight is 249 g/mol. The van der Waals surface area contributed by atoms with Crippen molar-refractivity contribution in [1.29, 1.82) is 0 Å². The van der Waals surface area contributed by atoms with Gasteiger partial charge in [-0.3, -0.25) is 0 Å². The minimum atomic E-state index is -0.667. The van der Waals surface area contributed by atoms with Crippen LogP contribution in [0.25, 0.3) is 0 Å². The maximum atomic E-state index is 10.2. The van der Waals surface area contributed by atoms with Crippen LogP contribution in [0.2, 0.25) is 0 Å². The Kier molecular flexibility index (Phi) is 4.38. The molecule has 0 saturated carbocycles. The van der Waals surface area contributed by atoms with Crippen molar-refractivity contribution < 1.29 is 9.84 Å². The van der Waals surface area contributed by atoms with Crippen molar-refractivity contribution in [2.45, 2.75) is 38.3 Å². The quantitative estimate of drug-likeness (QED) is 0.834. The molecule has 1 saturated heterocycles. The minimum absolute atomic E-state index is 0.357. The van der Waals surface area contributed by atoms with Crippen LogP contribution in [0.4, 0.5) is 0 Å². The van der Waals surface area contributed by atoms with Crippen LogP contribution < -0.4 is 5.32 Å². The van der Waals surface area contributed by atoms with E-state index < -0.39 is 5.60 Å². The summed E-state index contributed by atoms with van der Waals surface area (Å²) >= 11 is 0. The molecule has 1 aliphatic rings. The maximum absolute atomic E-state index is 10.2. The zero-order valence-corrected chi connectivity index (χ0v) is 11.3. The van der Waals surface area contributed by atoms with Gasteiger partial charge in [-0.2, -0.15) is 0 Å². The van der Waals surface area contributed by atoms with Gasteiger partial charge in [-0.05, 0) is 31.4 Å². The van der Waals surface area contributed by atoms with E-state index in [1.165, 1.54) is 11.1 Å². The van der Waals surface area contributed by atoms with Crippen molar-refractivity contribution in [2.75, 3.05) is 19.8 Å². The minimum Gasteiger partial charge on any atom is -0.386 e. The SMILES string of the molecule is Cc1ccccc1C[C@H](C)NC[C@]1(O)CCOC1. The molecule has 3 nitrogen and oxygen atoms in total. The van der Waals surface area contributed by atoms with Gasteiger partial charge in [-0.15, -0.1) is 0 Å². The standard InChI is InChI=1S/C15H23NO2/c1-12-5-3-4-6-14(12)9-13(2)16-10-15(17)7-8-18-11-15/h3-6,13,16-17H,7-11H2,1-2H3/t13-,15+/m0/s1. The number of hydrogen-bond acceptors (Lipinski definition) is 3. The van der Waals surface area contributed by atoms with E-state index in [9.17, 15) is 5.11 Å². The molecular weight excluding hydrogens is 226 g/mol. The fourth-order valence-corrected chi connectivity index (χ4v) is 2.34. The lowest BCUT2D eigenvalue weighted by Crippen LogP contribution is -2.44. The van der Waals surface area contributed by atoms with Crippen LogP contribution in [-0.4, -0.2) is 36.5 Å². The molecule has 1 aliphatic heterocycles. The number of nitrogens with one attached hydrogen (secondary N) is 1. The van der Waals surface area contributed by atoms with Crippen LogP contribution in [0.15, 0.2) is 24.3 Å². The smallest absolute Gasteiger partial charge is 0.102 e. The summed E-state index contributed by atoms with van der Waals surface area (Å²) in [6, 6.07) is 8.81. The molecule has 1 aromatic rings. The van der Waals surface area contributed by atoms with Crippen molar-refractivity contribution in [2.24, 2.45) is 0 Å². The van der Waals surface area contributed by atoms with Gasteiger partial charge in [0.15, 0.2) is 0 Å². The Balaban J connectivity index is 1.82. The summed E-state index contributed by atoms with van der Waals surface area (Å²) < 4.78 is 5.24. The molecule has 0 aromatic heterocycles. The van der Waals surface area contributed by atoms with Gasteiger partial charge in [0.05, 0.1) is 6.61 Å². The molecule has 1 heterocycles. The third-order valence-electron chi connectivity index (χ3n) is 3.65. The van der Waals surface area contributed by atoms with Crippen molar-refractivity contribution >= 4 is 0 Å². The highest BCUT2D eigenvalue weighted by Gasteiger charge is 2.32. The second-order valence-electron chi connectivity index (χ2n) is 5.44. The Morgan fingerprint density at radius 3 is 2.89 bits per heavy atom. The Hall–Kier alpha value is -0.900. The highest BCUT2D eigenvalue weighted by Crippen LogP contribution is 2.17. The van der Waals surface area contributed by atoms with E-state index in [1.807, 2.05) is 0 Å². The molecule has 1 aromatic carbocycles. The molecule has 0 unspecified atom stereocenters. The van der Waals surface area contributed by atoms with Crippen LogP contribution in [0.5, 0.6) is 0 Å². The average Bonchev–Trinajstić information content (AvgIpc) is 2.77. The summed E-state index contributed by atoms with van der Waals surface area (Å²) in [7, 11) is 0. The molecule has 0 aliphatic carbocycles. The number of hydrogen-bond donors (Lipinski definition) is 2. The lowest BCUT2D eigenvalue weighted by Gasteiger charge is -2.24. The highest BCUT2D eigenvalue weighted by atomic mass is 16.5. The van der Waals surface area contributed by atoms with E-state index in [0.29, 0.717) is 25.8 Å². The van der Waals surface area contributed by atoms with Gasteiger partial charge in [0.1, 0.15) is 5.60 Å². The molecule has 2 rings (SSSR count). The largest absolute Gasteiger partial charge is 0.386 e. The van der Waals surface area contributed by atoms with Gasteiger partial charge in [0.2, 0.25) is 0 Å². The Morgan fingerprint density at radius 2 is 2.22 bits per heavy atom. The zero-order valence-electron chi connectivity index (χ0n) is 11.3. The lowest BCUT2D eigenvalue weighted by atomic mass is 10.00. The molecule has 3 heteroatoms. The molecule has 0 bridgehead atoms. The monoisotopic (exact) mass is 249 g/mol. The number of benzene rings is 1. The molecule has 2 atom stereocenters. The van der Waals surface area contributed by atoms with Crippen molar-refractivity contribution in [3.63, 3.8) is 0 Å². The Morgan fingerprint density at radius 1 is 1.44 bits per heavy atom. The predicted molar refractivity (Wildman–Crippen MR) is 72.7 cm³/mol. The number of aryl methyl sites for hydroxylation is 1. The van der Waals surface area contributed by atoms with E-state index in [2.05, 4.69) is 43.4 Å². The third-order valence-corrected chi connectivity index (χ3v) is 3.65. The van der Waals surface area contributed by atoms with E-state index in [1.54, 1.807) is 0 Å². The van der Waals surface area contributed by atoms with Crippen LogP contribution >= 0.6 is 0 Å². The Labute approximate surface area is 109 Å². The predicted octanol–water partition coefficient (Wildman–Crippen LogP) is 1.67. The van der Waals surface area contributed by atoms with Gasteiger partial charge in [-0.25, -0.2) is 0 Å². The van der Waals surface area contributed by atoms with Crippen molar-refractivity contribution in [3.05, 3.63) is 35.4 Å². The molecule has 0 radical (unpaired) electrons. The molecule has 18 heavy (non-hydrogen) atoms. The van der Waals surface area contributed by atoms with Crippen LogP contribution in [0.1, 0.15) is 24.5 Å². The summed E-state index contributed by atoms with van der Waals surface area (Å²) in [6.07, 6.45) is 1.72. The number of rotatable bonds is 5. The molecule has 0 spiro atoms. The lowest BCUT2D eigenvalue weighted by molar-refractivity contribution is 0.0252. The van der Waals surface area contributed by atoms with Crippen LogP contribution in [0.3, 0.4) is 0 Å².